The van der Waals surface area contributed by atoms with Crippen molar-refractivity contribution in [2.45, 2.75) is 19.4 Å². The van der Waals surface area contributed by atoms with Crippen molar-refractivity contribution in [3.05, 3.63) is 59.8 Å². The van der Waals surface area contributed by atoms with Crippen molar-refractivity contribution >= 4 is 11.6 Å². The van der Waals surface area contributed by atoms with Crippen LogP contribution < -0.4 is 14.8 Å². The maximum atomic E-state index is 13.2. The number of nitrogens with zero attached hydrogens (tertiary/aromatic N) is 2. The molecule has 7 heteroatoms. The predicted molar refractivity (Wildman–Crippen MR) is 94.9 cm³/mol. The Kier molecular flexibility index (Phi) is 5.36. The molecule has 0 aliphatic heterocycles. The number of hydrogen-bond acceptors (Lipinski definition) is 4. The zero-order valence-corrected chi connectivity index (χ0v) is 14.7. The average Bonchev–Trinajstić information content (AvgIpc) is 3.06. The van der Waals surface area contributed by atoms with Gasteiger partial charge in [-0.3, -0.25) is 4.79 Å². The molecule has 0 saturated carbocycles. The van der Waals surface area contributed by atoms with Crippen LogP contribution in [-0.4, -0.2) is 29.5 Å². The van der Waals surface area contributed by atoms with Gasteiger partial charge in [-0.2, -0.15) is 0 Å². The summed E-state index contributed by atoms with van der Waals surface area (Å²) in [5, 5.41) is 2.83. The van der Waals surface area contributed by atoms with Crippen molar-refractivity contribution in [1.82, 2.24) is 14.7 Å². The van der Waals surface area contributed by atoms with E-state index in [2.05, 4.69) is 10.3 Å². The molecule has 0 aliphatic carbocycles. The number of ether oxygens (including phenoxy) is 2. The quantitative estimate of drug-likeness (QED) is 0.706. The van der Waals surface area contributed by atoms with Crippen LogP contribution in [0.2, 0.25) is 0 Å². The lowest BCUT2D eigenvalue weighted by atomic mass is 10.1. The minimum absolute atomic E-state index is 0.0805. The Morgan fingerprint density at radius 1 is 1.15 bits per heavy atom. The fraction of sp³-hybridized carbons (Fsp3) is 0.263. The highest BCUT2D eigenvalue weighted by Gasteiger charge is 2.08. The zero-order chi connectivity index (χ0) is 18.5. The molecule has 0 spiro atoms. The molecule has 0 unspecified atom stereocenters. The van der Waals surface area contributed by atoms with Crippen LogP contribution in [0.1, 0.15) is 17.7 Å². The second-order valence-electron chi connectivity index (χ2n) is 5.81. The molecule has 1 aromatic carbocycles. The molecular weight excluding hydrogens is 337 g/mol. The van der Waals surface area contributed by atoms with Gasteiger partial charge in [-0.05, 0) is 36.2 Å². The van der Waals surface area contributed by atoms with Crippen LogP contribution in [0.5, 0.6) is 11.5 Å². The minimum Gasteiger partial charge on any atom is -0.493 e. The van der Waals surface area contributed by atoms with E-state index < -0.39 is 0 Å². The van der Waals surface area contributed by atoms with Crippen LogP contribution in [0, 0.1) is 5.82 Å². The normalized spacial score (nSPS) is 10.7. The SMILES string of the molecule is COc1ccc(CCC(=O)NCc2cn3cc(F)ccc3n2)cc1OC. The Morgan fingerprint density at radius 2 is 1.96 bits per heavy atom. The highest BCUT2D eigenvalue weighted by atomic mass is 19.1. The van der Waals surface area contributed by atoms with Gasteiger partial charge in [-0.25, -0.2) is 9.37 Å². The molecule has 3 rings (SSSR count). The number of carbonyl (C=O) groups excluding carboxylic acids is 1. The van der Waals surface area contributed by atoms with Crippen molar-refractivity contribution < 1.29 is 18.7 Å². The van der Waals surface area contributed by atoms with Crippen LogP contribution in [0.3, 0.4) is 0 Å². The first-order chi connectivity index (χ1) is 12.6. The van der Waals surface area contributed by atoms with E-state index in [9.17, 15) is 9.18 Å². The van der Waals surface area contributed by atoms with Gasteiger partial charge in [0, 0.05) is 18.8 Å². The minimum atomic E-state index is -0.333. The highest BCUT2D eigenvalue weighted by molar-refractivity contribution is 5.76. The number of rotatable bonds is 7. The first-order valence-electron chi connectivity index (χ1n) is 8.20. The molecule has 0 atom stereocenters. The molecule has 0 bridgehead atoms. The number of aromatic nitrogens is 2. The van der Waals surface area contributed by atoms with Crippen LogP contribution in [0.25, 0.3) is 5.65 Å². The second-order valence-corrected chi connectivity index (χ2v) is 5.81. The molecule has 1 N–H and O–H groups in total. The zero-order valence-electron chi connectivity index (χ0n) is 14.7. The number of fused-ring (bicyclic) bond motifs is 1. The smallest absolute Gasteiger partial charge is 0.220 e. The van der Waals surface area contributed by atoms with Crippen LogP contribution in [0.15, 0.2) is 42.7 Å². The molecule has 6 nitrogen and oxygen atoms in total. The van der Waals surface area contributed by atoms with Gasteiger partial charge in [0.2, 0.25) is 5.91 Å². The van der Waals surface area contributed by atoms with E-state index in [1.165, 1.54) is 12.3 Å². The molecular formula is C19H20FN3O3. The van der Waals surface area contributed by atoms with Gasteiger partial charge in [0.15, 0.2) is 11.5 Å². The van der Waals surface area contributed by atoms with Gasteiger partial charge >= 0.3 is 0 Å². The van der Waals surface area contributed by atoms with E-state index in [0.717, 1.165) is 5.56 Å². The Bertz CT molecular complexity index is 924. The Morgan fingerprint density at radius 3 is 2.73 bits per heavy atom. The third-order valence-electron chi connectivity index (χ3n) is 4.02. The second kappa shape index (κ2) is 7.86. The van der Waals surface area contributed by atoms with Gasteiger partial charge in [-0.15, -0.1) is 0 Å². The van der Waals surface area contributed by atoms with Gasteiger partial charge in [0.25, 0.3) is 0 Å². The summed E-state index contributed by atoms with van der Waals surface area (Å²) in [5.74, 6) is 0.884. The fourth-order valence-corrected chi connectivity index (χ4v) is 2.67. The summed E-state index contributed by atoms with van der Waals surface area (Å²) in [7, 11) is 3.16. The van der Waals surface area contributed by atoms with Crippen molar-refractivity contribution in [3.8, 4) is 11.5 Å². The number of pyridine rings is 1. The predicted octanol–water partition coefficient (Wildman–Crippen LogP) is 2.74. The van der Waals surface area contributed by atoms with E-state index >= 15 is 0 Å². The number of amides is 1. The van der Waals surface area contributed by atoms with E-state index in [-0.39, 0.29) is 11.7 Å². The summed E-state index contributed by atoms with van der Waals surface area (Å²) in [6.07, 6.45) is 3.98. The van der Waals surface area contributed by atoms with Crippen molar-refractivity contribution in [2.75, 3.05) is 14.2 Å². The molecule has 26 heavy (non-hydrogen) atoms. The van der Waals surface area contributed by atoms with Crippen molar-refractivity contribution in [1.29, 1.82) is 0 Å². The standard InChI is InChI=1S/C19H20FN3O3/c1-25-16-6-3-13(9-17(16)26-2)4-8-19(24)21-10-15-12-23-11-14(20)5-7-18(23)22-15/h3,5-7,9,11-12H,4,8,10H2,1-2H3,(H,21,24). The van der Waals surface area contributed by atoms with Gasteiger partial charge < -0.3 is 19.2 Å². The van der Waals surface area contributed by atoms with E-state index in [0.29, 0.717) is 42.2 Å². The number of carbonyl (C=O) groups is 1. The van der Waals surface area contributed by atoms with Crippen molar-refractivity contribution in [3.63, 3.8) is 0 Å². The number of benzene rings is 1. The Hall–Kier alpha value is -3.09. The largest absolute Gasteiger partial charge is 0.493 e. The number of methoxy groups -OCH3 is 2. The molecule has 0 saturated heterocycles. The molecule has 0 fully saturated rings. The molecule has 136 valence electrons. The molecule has 3 aromatic rings. The number of imidazole rings is 1. The maximum absolute atomic E-state index is 13.2. The average molecular weight is 357 g/mol. The first kappa shape index (κ1) is 17.7. The third kappa shape index (κ3) is 4.11. The molecule has 0 aliphatic rings. The molecule has 0 radical (unpaired) electrons. The monoisotopic (exact) mass is 357 g/mol. The number of hydrogen-bond donors (Lipinski definition) is 1. The summed E-state index contributed by atoms with van der Waals surface area (Å²) >= 11 is 0. The lowest BCUT2D eigenvalue weighted by molar-refractivity contribution is -0.121. The van der Waals surface area contributed by atoms with E-state index in [4.69, 9.17) is 9.47 Å². The maximum Gasteiger partial charge on any atom is 0.220 e. The first-order valence-corrected chi connectivity index (χ1v) is 8.20. The van der Waals surface area contributed by atoms with Crippen LogP contribution in [0.4, 0.5) is 4.39 Å². The summed E-state index contributed by atoms with van der Waals surface area (Å²) in [5.41, 5.74) is 2.30. The highest BCUT2D eigenvalue weighted by Crippen LogP contribution is 2.27. The molecule has 2 aromatic heterocycles. The third-order valence-corrected chi connectivity index (χ3v) is 4.02. The Balaban J connectivity index is 1.53. The number of halogens is 1. The number of aryl methyl sites for hydroxylation is 1. The van der Waals surface area contributed by atoms with E-state index in [1.807, 2.05) is 18.2 Å². The molecule has 1 amide bonds. The van der Waals surface area contributed by atoms with E-state index in [1.54, 1.807) is 30.9 Å². The van der Waals surface area contributed by atoms with Crippen LogP contribution in [-0.2, 0) is 17.8 Å². The number of nitrogens with one attached hydrogen (secondary N) is 1. The van der Waals surface area contributed by atoms with Crippen molar-refractivity contribution in [2.24, 2.45) is 0 Å². The van der Waals surface area contributed by atoms with Gasteiger partial charge in [0.1, 0.15) is 11.5 Å². The summed E-state index contributed by atoms with van der Waals surface area (Å²) < 4.78 is 25.2. The topological polar surface area (TPSA) is 64.9 Å². The van der Waals surface area contributed by atoms with Gasteiger partial charge in [0.05, 0.1) is 26.5 Å². The Labute approximate surface area is 150 Å². The molecule has 2 heterocycles. The van der Waals surface area contributed by atoms with Gasteiger partial charge in [-0.1, -0.05) is 6.07 Å². The van der Waals surface area contributed by atoms with Crippen LogP contribution >= 0.6 is 0 Å². The summed E-state index contributed by atoms with van der Waals surface area (Å²) in [6.45, 7) is 0.300. The lowest BCUT2D eigenvalue weighted by Gasteiger charge is -2.09. The fourth-order valence-electron chi connectivity index (χ4n) is 2.67. The summed E-state index contributed by atoms with van der Waals surface area (Å²) in [4.78, 5) is 16.4. The lowest BCUT2D eigenvalue weighted by Crippen LogP contribution is -2.23. The summed E-state index contributed by atoms with van der Waals surface area (Å²) in [6, 6.07) is 8.54.